The lowest BCUT2D eigenvalue weighted by Gasteiger charge is -2.03. The summed E-state index contributed by atoms with van der Waals surface area (Å²) in [7, 11) is 1.73. The van der Waals surface area contributed by atoms with Crippen molar-refractivity contribution in [1.82, 2.24) is 19.1 Å². The normalized spacial score (nSPS) is 10.6. The van der Waals surface area contributed by atoms with Gasteiger partial charge < -0.3 is 4.57 Å². The van der Waals surface area contributed by atoms with Crippen molar-refractivity contribution in [3.8, 4) is 17.5 Å². The summed E-state index contributed by atoms with van der Waals surface area (Å²) < 4.78 is 20.1. The lowest BCUT2D eigenvalue weighted by molar-refractivity contribution is 0.628. The number of rotatable bonds is 3. The molecular formula is C13H7ClFN5S2. The fourth-order valence-corrected chi connectivity index (χ4v) is 3.82. The third kappa shape index (κ3) is 2.59. The molecule has 9 heteroatoms. The van der Waals surface area contributed by atoms with Crippen LogP contribution in [0.2, 0.25) is 5.15 Å². The van der Waals surface area contributed by atoms with Crippen LogP contribution in [-0.2, 0) is 7.05 Å². The second-order valence-electron chi connectivity index (χ2n) is 4.19. The molecule has 0 radical (unpaired) electrons. The van der Waals surface area contributed by atoms with E-state index in [-0.39, 0.29) is 11.0 Å². The molecule has 0 aliphatic rings. The van der Waals surface area contributed by atoms with Crippen LogP contribution >= 0.6 is 34.9 Å². The molecule has 0 unspecified atom stereocenters. The van der Waals surface area contributed by atoms with Gasteiger partial charge in [-0.25, -0.2) is 4.39 Å². The summed E-state index contributed by atoms with van der Waals surface area (Å²) >= 11 is 8.18. The lowest BCUT2D eigenvalue weighted by atomic mass is 10.2. The Bertz CT molecular complexity index is 883. The van der Waals surface area contributed by atoms with Crippen molar-refractivity contribution in [2.24, 2.45) is 7.05 Å². The Morgan fingerprint density at radius 2 is 2.14 bits per heavy atom. The van der Waals surface area contributed by atoms with Gasteiger partial charge in [0.05, 0.1) is 5.56 Å². The molecule has 1 aromatic carbocycles. The summed E-state index contributed by atoms with van der Waals surface area (Å²) in [6.07, 6.45) is 0. The molecule has 0 fully saturated rings. The predicted molar refractivity (Wildman–Crippen MR) is 82.4 cm³/mol. The van der Waals surface area contributed by atoms with Crippen LogP contribution < -0.4 is 0 Å². The minimum absolute atomic E-state index is 0.173. The minimum atomic E-state index is -0.368. The van der Waals surface area contributed by atoms with Gasteiger partial charge in [0.2, 0.25) is 0 Å². The Kier molecular flexibility index (Phi) is 4.11. The molecule has 0 aliphatic carbocycles. The van der Waals surface area contributed by atoms with Gasteiger partial charge in [-0.05, 0) is 35.4 Å². The summed E-state index contributed by atoms with van der Waals surface area (Å²) in [6, 6.07) is 8.36. The molecule has 0 N–H and O–H groups in total. The molecule has 0 saturated heterocycles. The fraction of sp³-hybridized carbons (Fsp3) is 0.0769. The largest absolute Gasteiger partial charge is 0.305 e. The molecule has 0 saturated carbocycles. The van der Waals surface area contributed by atoms with Gasteiger partial charge in [-0.1, -0.05) is 23.7 Å². The maximum Gasteiger partial charge on any atom is 0.196 e. The Balaban J connectivity index is 1.98. The first-order valence-corrected chi connectivity index (χ1v) is 7.96. The lowest BCUT2D eigenvalue weighted by Crippen LogP contribution is -1.96. The highest BCUT2D eigenvalue weighted by atomic mass is 35.5. The summed E-state index contributed by atoms with van der Waals surface area (Å²) in [5, 5.41) is 17.9. The molecule has 5 nitrogen and oxygen atoms in total. The van der Waals surface area contributed by atoms with E-state index in [2.05, 4.69) is 14.6 Å². The zero-order chi connectivity index (χ0) is 15.7. The van der Waals surface area contributed by atoms with Crippen LogP contribution in [0, 0.1) is 17.1 Å². The van der Waals surface area contributed by atoms with Crippen molar-refractivity contribution in [1.29, 1.82) is 5.26 Å². The van der Waals surface area contributed by atoms with Gasteiger partial charge in [0, 0.05) is 7.05 Å². The quantitative estimate of drug-likeness (QED) is 0.718. The molecule has 0 spiro atoms. The van der Waals surface area contributed by atoms with E-state index in [1.807, 2.05) is 6.07 Å². The average Bonchev–Trinajstić information content (AvgIpc) is 3.04. The number of nitrogens with zero attached hydrogens (tertiary/aromatic N) is 5. The highest BCUT2D eigenvalue weighted by molar-refractivity contribution is 8.01. The van der Waals surface area contributed by atoms with E-state index in [1.54, 1.807) is 29.8 Å². The number of hydrogen-bond donors (Lipinski definition) is 0. The van der Waals surface area contributed by atoms with Crippen molar-refractivity contribution in [2.45, 2.75) is 9.37 Å². The smallest absolute Gasteiger partial charge is 0.196 e. The molecule has 0 bridgehead atoms. The van der Waals surface area contributed by atoms with Crippen LogP contribution in [-0.4, -0.2) is 19.1 Å². The van der Waals surface area contributed by atoms with Crippen LogP contribution in [0.4, 0.5) is 4.39 Å². The molecule has 2 aromatic heterocycles. The van der Waals surface area contributed by atoms with Crippen molar-refractivity contribution in [2.75, 3.05) is 0 Å². The van der Waals surface area contributed by atoms with E-state index in [1.165, 1.54) is 17.8 Å². The minimum Gasteiger partial charge on any atom is -0.305 e. The summed E-state index contributed by atoms with van der Waals surface area (Å²) in [4.78, 5) is 0. The fourth-order valence-electron chi connectivity index (χ4n) is 1.78. The first-order chi connectivity index (χ1) is 10.6. The molecule has 2 heterocycles. The second-order valence-corrected chi connectivity index (χ2v) is 6.56. The summed E-state index contributed by atoms with van der Waals surface area (Å²) in [5.41, 5.74) is 0.680. The van der Waals surface area contributed by atoms with Crippen LogP contribution in [0.1, 0.15) is 5.56 Å². The maximum atomic E-state index is 13.9. The number of nitriles is 1. The van der Waals surface area contributed by atoms with E-state index < -0.39 is 0 Å². The van der Waals surface area contributed by atoms with Crippen molar-refractivity contribution >= 4 is 34.9 Å². The van der Waals surface area contributed by atoms with Crippen LogP contribution in [0.15, 0.2) is 33.6 Å². The number of hydrogen-bond acceptors (Lipinski definition) is 6. The number of halogens is 2. The predicted octanol–water partition coefficient (Wildman–Crippen LogP) is 3.75. The third-order valence-corrected chi connectivity index (χ3v) is 5.28. The molecule has 0 atom stereocenters. The Hall–Kier alpha value is -1.95. The van der Waals surface area contributed by atoms with E-state index in [4.69, 9.17) is 16.9 Å². The Labute approximate surface area is 138 Å². The zero-order valence-corrected chi connectivity index (χ0v) is 13.5. The van der Waals surface area contributed by atoms with Crippen LogP contribution in [0.3, 0.4) is 0 Å². The van der Waals surface area contributed by atoms with Crippen LogP contribution in [0.5, 0.6) is 0 Å². The van der Waals surface area contributed by atoms with E-state index in [0.717, 1.165) is 11.5 Å². The highest BCUT2D eigenvalue weighted by Crippen LogP contribution is 2.36. The SMILES string of the molecule is Cn1c(Sc2snc(Cl)c2C#N)nnc1-c1ccccc1F. The molecule has 3 rings (SSSR count). The standard InChI is InChI=1S/C13H7ClFN5S2/c1-20-11(7-4-2-3-5-9(7)15)17-18-13(20)21-12-8(6-16)10(14)19-22-12/h2-5H,1H3. The topological polar surface area (TPSA) is 67.4 Å². The third-order valence-electron chi connectivity index (χ3n) is 2.86. The van der Waals surface area contributed by atoms with Crippen molar-refractivity contribution < 1.29 is 4.39 Å². The Morgan fingerprint density at radius 1 is 1.36 bits per heavy atom. The molecule has 22 heavy (non-hydrogen) atoms. The highest BCUT2D eigenvalue weighted by Gasteiger charge is 2.19. The van der Waals surface area contributed by atoms with Crippen molar-refractivity contribution in [3.63, 3.8) is 0 Å². The molecule has 0 aliphatic heterocycles. The van der Waals surface area contributed by atoms with E-state index in [9.17, 15) is 4.39 Å². The molecule has 3 aromatic rings. The van der Waals surface area contributed by atoms with Gasteiger partial charge in [0.25, 0.3) is 0 Å². The summed E-state index contributed by atoms with van der Waals surface area (Å²) in [6.45, 7) is 0. The molecule has 0 amide bonds. The molecule has 110 valence electrons. The first kappa shape index (κ1) is 15.0. The van der Waals surface area contributed by atoms with E-state index >= 15 is 0 Å². The van der Waals surface area contributed by atoms with E-state index in [0.29, 0.717) is 26.3 Å². The second kappa shape index (κ2) is 6.04. The van der Waals surface area contributed by atoms with Crippen LogP contribution in [0.25, 0.3) is 11.4 Å². The molecular weight excluding hydrogens is 345 g/mol. The maximum absolute atomic E-state index is 13.9. The number of benzene rings is 1. The van der Waals surface area contributed by atoms with Gasteiger partial charge in [-0.15, -0.1) is 10.2 Å². The number of aromatic nitrogens is 4. The van der Waals surface area contributed by atoms with Gasteiger partial charge in [-0.3, -0.25) is 0 Å². The van der Waals surface area contributed by atoms with Gasteiger partial charge in [0.15, 0.2) is 16.1 Å². The van der Waals surface area contributed by atoms with Gasteiger partial charge in [0.1, 0.15) is 21.7 Å². The van der Waals surface area contributed by atoms with Crippen molar-refractivity contribution in [3.05, 3.63) is 40.8 Å². The monoisotopic (exact) mass is 351 g/mol. The summed E-state index contributed by atoms with van der Waals surface area (Å²) in [5.74, 6) is 0.0443. The Morgan fingerprint density at radius 3 is 2.86 bits per heavy atom. The zero-order valence-electron chi connectivity index (χ0n) is 11.1. The van der Waals surface area contributed by atoms with Gasteiger partial charge in [-0.2, -0.15) is 9.64 Å². The van der Waals surface area contributed by atoms with Gasteiger partial charge >= 0.3 is 0 Å². The first-order valence-electron chi connectivity index (χ1n) is 5.99. The average molecular weight is 352 g/mol.